The van der Waals surface area contributed by atoms with Crippen LogP contribution in [0.1, 0.15) is 22.9 Å². The van der Waals surface area contributed by atoms with Crippen LogP contribution in [-0.4, -0.2) is 12.1 Å². The van der Waals surface area contributed by atoms with Crippen molar-refractivity contribution in [3.05, 3.63) is 59.2 Å². The molecule has 94 valence electrons. The van der Waals surface area contributed by atoms with Gasteiger partial charge in [-0.25, -0.2) is 4.39 Å². The Bertz CT molecular complexity index is 557. The second-order valence-corrected chi connectivity index (χ2v) is 4.04. The third-order valence-electron chi connectivity index (χ3n) is 2.91. The number of benzene rings is 1. The minimum atomic E-state index is -0.454. The van der Waals surface area contributed by atoms with Gasteiger partial charge in [0.2, 0.25) is 0 Å². The molecule has 1 aromatic heterocycles. The highest BCUT2D eigenvalue weighted by Gasteiger charge is 2.16. The Morgan fingerprint density at radius 2 is 2.06 bits per heavy atom. The molecule has 0 aliphatic carbocycles. The molecular formula is C14H15FN2O. The van der Waals surface area contributed by atoms with E-state index < -0.39 is 6.04 Å². The van der Waals surface area contributed by atoms with Crippen molar-refractivity contribution >= 4 is 0 Å². The Labute approximate surface area is 105 Å². The lowest BCUT2D eigenvalue weighted by molar-refractivity contribution is 0.406. The van der Waals surface area contributed by atoms with E-state index in [4.69, 9.17) is 10.5 Å². The lowest BCUT2D eigenvalue weighted by Gasteiger charge is -2.17. The van der Waals surface area contributed by atoms with Crippen LogP contribution in [0.5, 0.6) is 5.75 Å². The maximum atomic E-state index is 13.3. The third kappa shape index (κ3) is 2.33. The van der Waals surface area contributed by atoms with E-state index in [0.717, 1.165) is 11.3 Å². The summed E-state index contributed by atoms with van der Waals surface area (Å²) in [6, 6.07) is 7.58. The quantitative estimate of drug-likeness (QED) is 0.905. The molecule has 18 heavy (non-hydrogen) atoms. The van der Waals surface area contributed by atoms with E-state index in [9.17, 15) is 4.39 Å². The molecule has 1 aromatic carbocycles. The first-order valence-electron chi connectivity index (χ1n) is 5.64. The van der Waals surface area contributed by atoms with Gasteiger partial charge in [0, 0.05) is 17.5 Å². The van der Waals surface area contributed by atoms with Crippen LogP contribution in [0.15, 0.2) is 36.5 Å². The van der Waals surface area contributed by atoms with E-state index in [1.54, 1.807) is 19.4 Å². The van der Waals surface area contributed by atoms with Gasteiger partial charge < -0.3 is 10.5 Å². The third-order valence-corrected chi connectivity index (χ3v) is 2.91. The summed E-state index contributed by atoms with van der Waals surface area (Å²) >= 11 is 0. The van der Waals surface area contributed by atoms with Crippen LogP contribution in [0.4, 0.5) is 4.39 Å². The lowest BCUT2D eigenvalue weighted by atomic mass is 9.97. The van der Waals surface area contributed by atoms with Crippen molar-refractivity contribution in [2.24, 2.45) is 5.73 Å². The van der Waals surface area contributed by atoms with Crippen molar-refractivity contribution in [1.29, 1.82) is 0 Å². The number of aromatic nitrogens is 1. The molecule has 0 amide bonds. The standard InChI is InChI=1S/C14H15FN2O/c1-9-11(4-3-7-17-9)14(16)12-8-10(15)5-6-13(12)18-2/h3-8,14H,16H2,1-2H3. The zero-order chi connectivity index (χ0) is 13.1. The van der Waals surface area contributed by atoms with Crippen molar-refractivity contribution in [1.82, 2.24) is 4.98 Å². The monoisotopic (exact) mass is 246 g/mol. The average molecular weight is 246 g/mol. The van der Waals surface area contributed by atoms with E-state index in [0.29, 0.717) is 11.3 Å². The van der Waals surface area contributed by atoms with Crippen LogP contribution in [-0.2, 0) is 0 Å². The van der Waals surface area contributed by atoms with Gasteiger partial charge in [-0.1, -0.05) is 6.07 Å². The molecule has 2 rings (SSSR count). The molecule has 0 radical (unpaired) electrons. The number of hydrogen-bond acceptors (Lipinski definition) is 3. The Hall–Kier alpha value is -1.94. The highest BCUT2D eigenvalue weighted by Crippen LogP contribution is 2.29. The Morgan fingerprint density at radius 1 is 1.28 bits per heavy atom. The smallest absolute Gasteiger partial charge is 0.124 e. The van der Waals surface area contributed by atoms with Gasteiger partial charge in [-0.15, -0.1) is 0 Å². The zero-order valence-corrected chi connectivity index (χ0v) is 10.4. The highest BCUT2D eigenvalue weighted by molar-refractivity contribution is 5.42. The van der Waals surface area contributed by atoms with E-state index in [1.165, 1.54) is 12.1 Å². The molecular weight excluding hydrogens is 231 g/mol. The SMILES string of the molecule is COc1ccc(F)cc1C(N)c1cccnc1C. The van der Waals surface area contributed by atoms with Gasteiger partial charge >= 0.3 is 0 Å². The summed E-state index contributed by atoms with van der Waals surface area (Å²) in [5.74, 6) is 0.245. The maximum Gasteiger partial charge on any atom is 0.124 e. The van der Waals surface area contributed by atoms with Gasteiger partial charge in [0.25, 0.3) is 0 Å². The minimum Gasteiger partial charge on any atom is -0.496 e. The summed E-state index contributed by atoms with van der Waals surface area (Å²) in [6.45, 7) is 1.88. The molecule has 1 unspecified atom stereocenters. The molecule has 3 nitrogen and oxygen atoms in total. The van der Waals surface area contributed by atoms with Gasteiger partial charge in [-0.2, -0.15) is 0 Å². The van der Waals surface area contributed by atoms with Crippen LogP contribution >= 0.6 is 0 Å². The molecule has 0 spiro atoms. The van der Waals surface area contributed by atoms with E-state index in [-0.39, 0.29) is 5.82 Å². The summed E-state index contributed by atoms with van der Waals surface area (Å²) in [5.41, 5.74) is 8.49. The van der Waals surface area contributed by atoms with Crippen molar-refractivity contribution in [2.75, 3.05) is 7.11 Å². The second kappa shape index (κ2) is 5.14. The Kier molecular flexibility index (Phi) is 3.58. The highest BCUT2D eigenvalue weighted by atomic mass is 19.1. The van der Waals surface area contributed by atoms with Crippen molar-refractivity contribution in [2.45, 2.75) is 13.0 Å². The van der Waals surface area contributed by atoms with Crippen LogP contribution in [0.2, 0.25) is 0 Å². The first kappa shape index (κ1) is 12.5. The summed E-state index contributed by atoms with van der Waals surface area (Å²) in [7, 11) is 1.54. The average Bonchev–Trinajstić information content (AvgIpc) is 2.38. The summed E-state index contributed by atoms with van der Waals surface area (Å²) in [6.07, 6.45) is 1.70. The van der Waals surface area contributed by atoms with Crippen LogP contribution in [0.3, 0.4) is 0 Å². The first-order valence-corrected chi connectivity index (χ1v) is 5.64. The van der Waals surface area contributed by atoms with Gasteiger partial charge in [-0.05, 0) is 36.8 Å². The Morgan fingerprint density at radius 3 is 2.72 bits per heavy atom. The van der Waals surface area contributed by atoms with Gasteiger partial charge in [-0.3, -0.25) is 4.98 Å². The van der Waals surface area contributed by atoms with Crippen LogP contribution in [0, 0.1) is 12.7 Å². The van der Waals surface area contributed by atoms with Crippen molar-refractivity contribution < 1.29 is 9.13 Å². The molecule has 0 aliphatic heterocycles. The number of nitrogens with zero attached hydrogens (tertiary/aromatic N) is 1. The normalized spacial score (nSPS) is 12.2. The molecule has 1 atom stereocenters. The van der Waals surface area contributed by atoms with Crippen LogP contribution in [0.25, 0.3) is 0 Å². The molecule has 0 fully saturated rings. The van der Waals surface area contributed by atoms with Gasteiger partial charge in [0.05, 0.1) is 13.2 Å². The predicted octanol–water partition coefficient (Wildman–Crippen LogP) is 2.59. The number of methoxy groups -OCH3 is 1. The zero-order valence-electron chi connectivity index (χ0n) is 10.4. The van der Waals surface area contributed by atoms with Crippen molar-refractivity contribution in [3.63, 3.8) is 0 Å². The molecule has 0 saturated carbocycles. The van der Waals surface area contributed by atoms with Gasteiger partial charge in [0.1, 0.15) is 11.6 Å². The van der Waals surface area contributed by atoms with Crippen LogP contribution < -0.4 is 10.5 Å². The summed E-state index contributed by atoms with van der Waals surface area (Å²) in [5, 5.41) is 0. The number of ether oxygens (including phenoxy) is 1. The molecule has 1 heterocycles. The number of aryl methyl sites for hydroxylation is 1. The number of hydrogen-bond donors (Lipinski definition) is 1. The number of nitrogens with two attached hydrogens (primary N) is 1. The molecule has 4 heteroatoms. The summed E-state index contributed by atoms with van der Waals surface area (Å²) in [4.78, 5) is 4.19. The second-order valence-electron chi connectivity index (χ2n) is 4.04. The van der Waals surface area contributed by atoms with E-state index in [2.05, 4.69) is 4.98 Å². The molecule has 2 aromatic rings. The maximum absolute atomic E-state index is 13.3. The fraction of sp³-hybridized carbons (Fsp3) is 0.214. The largest absolute Gasteiger partial charge is 0.496 e. The van der Waals surface area contributed by atoms with E-state index >= 15 is 0 Å². The molecule has 2 N–H and O–H groups in total. The summed E-state index contributed by atoms with van der Waals surface area (Å²) < 4.78 is 18.5. The predicted molar refractivity (Wildman–Crippen MR) is 68.0 cm³/mol. The number of halogens is 1. The van der Waals surface area contributed by atoms with Gasteiger partial charge in [0.15, 0.2) is 0 Å². The van der Waals surface area contributed by atoms with Crippen molar-refractivity contribution in [3.8, 4) is 5.75 Å². The lowest BCUT2D eigenvalue weighted by Crippen LogP contribution is -2.15. The Balaban J connectivity index is 2.48. The first-order chi connectivity index (χ1) is 8.63. The van der Waals surface area contributed by atoms with E-state index in [1.807, 2.05) is 19.1 Å². The topological polar surface area (TPSA) is 48.1 Å². The number of pyridine rings is 1. The fourth-order valence-corrected chi connectivity index (χ4v) is 1.94. The molecule has 0 bridgehead atoms. The molecule has 0 saturated heterocycles. The minimum absolute atomic E-state index is 0.331. The number of rotatable bonds is 3. The fourth-order valence-electron chi connectivity index (χ4n) is 1.94. The molecule has 0 aliphatic rings.